The number of hydrogen-bond acceptors (Lipinski definition) is 5. The normalized spacial score (nSPS) is 11.4. The molecule has 1 atom stereocenters. The summed E-state index contributed by atoms with van der Waals surface area (Å²) in [4.78, 5) is 22.8. The van der Waals surface area contributed by atoms with Gasteiger partial charge in [0, 0.05) is 5.56 Å². The van der Waals surface area contributed by atoms with Gasteiger partial charge in [0.15, 0.2) is 0 Å². The van der Waals surface area contributed by atoms with E-state index in [0.717, 1.165) is 0 Å². The molecule has 0 aliphatic heterocycles. The maximum Gasteiger partial charge on any atom is 0.255 e. The molecule has 0 fully saturated rings. The Morgan fingerprint density at radius 1 is 1.09 bits per heavy atom. The SMILES string of the molecule is COc1ccccc1NC(=O)c1ccc(O[C@@H](C)C(=O)[O-])cc1. The van der Waals surface area contributed by atoms with Gasteiger partial charge in [-0.2, -0.15) is 0 Å². The van der Waals surface area contributed by atoms with Crippen LogP contribution in [-0.4, -0.2) is 25.1 Å². The van der Waals surface area contributed by atoms with Gasteiger partial charge in [-0.15, -0.1) is 0 Å². The number of aliphatic carboxylic acids is 1. The standard InChI is InChI=1S/C17H17NO5/c1-11(17(20)21)23-13-9-7-12(8-10-13)16(19)18-14-5-3-4-6-15(14)22-2/h3-11H,1-2H3,(H,18,19)(H,20,21)/p-1/t11-/m0/s1. The Bertz CT molecular complexity index is 696. The molecule has 0 saturated carbocycles. The summed E-state index contributed by atoms with van der Waals surface area (Å²) < 4.78 is 10.3. The largest absolute Gasteiger partial charge is 0.546 e. The number of rotatable bonds is 6. The molecule has 0 aliphatic carbocycles. The molecular formula is C17H16NO5-. The number of nitrogens with one attached hydrogen (secondary N) is 1. The number of carboxylic acid groups (broad SMARTS) is 1. The van der Waals surface area contributed by atoms with Gasteiger partial charge in [0.1, 0.15) is 17.6 Å². The van der Waals surface area contributed by atoms with E-state index in [1.807, 2.05) is 0 Å². The molecule has 6 nitrogen and oxygen atoms in total. The molecule has 0 aromatic heterocycles. The zero-order chi connectivity index (χ0) is 16.8. The molecule has 2 aromatic rings. The van der Waals surface area contributed by atoms with E-state index in [-0.39, 0.29) is 5.91 Å². The van der Waals surface area contributed by atoms with Crippen LogP contribution in [0.2, 0.25) is 0 Å². The lowest BCUT2D eigenvalue weighted by Crippen LogP contribution is -2.37. The van der Waals surface area contributed by atoms with Crippen LogP contribution in [0.25, 0.3) is 0 Å². The van der Waals surface area contributed by atoms with Crippen molar-refractivity contribution in [1.29, 1.82) is 0 Å². The summed E-state index contributed by atoms with van der Waals surface area (Å²) in [6.45, 7) is 1.37. The Hall–Kier alpha value is -3.02. The molecule has 0 aliphatic rings. The first-order valence-corrected chi connectivity index (χ1v) is 6.93. The lowest BCUT2D eigenvalue weighted by atomic mass is 10.2. The number of ether oxygens (including phenoxy) is 2. The van der Waals surface area contributed by atoms with Crippen LogP contribution in [0.1, 0.15) is 17.3 Å². The van der Waals surface area contributed by atoms with Gasteiger partial charge in [0.2, 0.25) is 0 Å². The van der Waals surface area contributed by atoms with Crippen LogP contribution in [0, 0.1) is 0 Å². The number of anilines is 1. The fraction of sp³-hybridized carbons (Fsp3) is 0.176. The number of amides is 1. The molecule has 0 unspecified atom stereocenters. The van der Waals surface area contributed by atoms with Crippen LogP contribution in [0.5, 0.6) is 11.5 Å². The van der Waals surface area contributed by atoms with E-state index in [0.29, 0.717) is 22.7 Å². The fourth-order valence-corrected chi connectivity index (χ4v) is 1.88. The van der Waals surface area contributed by atoms with Gasteiger partial charge in [-0.25, -0.2) is 0 Å². The second kappa shape index (κ2) is 7.31. The van der Waals surface area contributed by atoms with Crippen molar-refractivity contribution >= 4 is 17.6 Å². The minimum Gasteiger partial charge on any atom is -0.546 e. The molecule has 0 saturated heterocycles. The first kappa shape index (κ1) is 16.4. The smallest absolute Gasteiger partial charge is 0.255 e. The second-order valence-electron chi connectivity index (χ2n) is 4.76. The molecule has 1 amide bonds. The van der Waals surface area contributed by atoms with E-state index in [1.165, 1.54) is 26.2 Å². The Balaban J connectivity index is 2.07. The van der Waals surface area contributed by atoms with Crippen molar-refractivity contribution in [2.75, 3.05) is 12.4 Å². The van der Waals surface area contributed by atoms with Gasteiger partial charge >= 0.3 is 0 Å². The number of carbonyl (C=O) groups is 2. The van der Waals surface area contributed by atoms with Crippen LogP contribution < -0.4 is 19.9 Å². The molecule has 2 aromatic carbocycles. The predicted molar refractivity (Wildman–Crippen MR) is 82.5 cm³/mol. The van der Waals surface area contributed by atoms with Gasteiger partial charge in [-0.05, 0) is 43.3 Å². The van der Waals surface area contributed by atoms with Crippen molar-refractivity contribution in [1.82, 2.24) is 0 Å². The molecule has 0 heterocycles. The van der Waals surface area contributed by atoms with Crippen molar-refractivity contribution in [3.05, 3.63) is 54.1 Å². The van der Waals surface area contributed by atoms with Crippen molar-refractivity contribution in [2.45, 2.75) is 13.0 Å². The summed E-state index contributed by atoms with van der Waals surface area (Å²) >= 11 is 0. The number of methoxy groups -OCH3 is 1. The third kappa shape index (κ3) is 4.23. The number of carboxylic acids is 1. The van der Waals surface area contributed by atoms with E-state index >= 15 is 0 Å². The molecule has 1 N–H and O–H groups in total. The summed E-state index contributed by atoms with van der Waals surface area (Å²) in [6.07, 6.45) is -1.07. The third-order valence-electron chi connectivity index (χ3n) is 3.12. The molecule has 2 rings (SSSR count). The van der Waals surface area contributed by atoms with E-state index in [4.69, 9.17) is 9.47 Å². The summed E-state index contributed by atoms with van der Waals surface area (Å²) in [6, 6.07) is 13.2. The van der Waals surface area contributed by atoms with Crippen molar-refractivity contribution in [3.63, 3.8) is 0 Å². The van der Waals surface area contributed by atoms with E-state index in [9.17, 15) is 14.7 Å². The fourth-order valence-electron chi connectivity index (χ4n) is 1.88. The monoisotopic (exact) mass is 314 g/mol. The quantitative estimate of drug-likeness (QED) is 0.872. The van der Waals surface area contributed by atoms with Gasteiger partial charge < -0.3 is 24.7 Å². The highest BCUT2D eigenvalue weighted by molar-refractivity contribution is 6.05. The lowest BCUT2D eigenvalue weighted by molar-refractivity contribution is -0.312. The maximum absolute atomic E-state index is 12.2. The second-order valence-corrected chi connectivity index (χ2v) is 4.76. The first-order chi connectivity index (χ1) is 11.0. The summed E-state index contributed by atoms with van der Waals surface area (Å²) in [5.74, 6) is -0.712. The first-order valence-electron chi connectivity index (χ1n) is 6.93. The topological polar surface area (TPSA) is 87.7 Å². The van der Waals surface area contributed by atoms with E-state index in [1.54, 1.807) is 36.4 Å². The van der Waals surface area contributed by atoms with Gasteiger partial charge in [0.05, 0.1) is 18.8 Å². The molecule has 0 radical (unpaired) electrons. The minimum atomic E-state index is -1.30. The van der Waals surface area contributed by atoms with Crippen LogP contribution in [0.3, 0.4) is 0 Å². The number of benzene rings is 2. The molecular weight excluding hydrogens is 298 g/mol. The number of para-hydroxylation sites is 2. The summed E-state index contributed by atoms with van der Waals surface area (Å²) in [5.41, 5.74) is 0.968. The Kier molecular flexibility index (Phi) is 5.19. The van der Waals surface area contributed by atoms with Crippen molar-refractivity contribution in [3.8, 4) is 11.5 Å². The van der Waals surface area contributed by atoms with Crippen molar-refractivity contribution in [2.24, 2.45) is 0 Å². The van der Waals surface area contributed by atoms with Crippen LogP contribution >= 0.6 is 0 Å². The highest BCUT2D eigenvalue weighted by atomic mass is 16.5. The lowest BCUT2D eigenvalue weighted by Gasteiger charge is -2.15. The van der Waals surface area contributed by atoms with Gasteiger partial charge in [0.25, 0.3) is 5.91 Å². The number of carbonyl (C=O) groups excluding carboxylic acids is 2. The Labute approximate surface area is 133 Å². The van der Waals surface area contributed by atoms with Crippen LogP contribution in [-0.2, 0) is 4.79 Å². The average Bonchev–Trinajstić information content (AvgIpc) is 2.55. The van der Waals surface area contributed by atoms with Crippen LogP contribution in [0.4, 0.5) is 5.69 Å². The third-order valence-corrected chi connectivity index (χ3v) is 3.12. The molecule has 23 heavy (non-hydrogen) atoms. The highest BCUT2D eigenvalue weighted by Crippen LogP contribution is 2.24. The van der Waals surface area contributed by atoms with Gasteiger partial charge in [-0.3, -0.25) is 4.79 Å². The zero-order valence-electron chi connectivity index (χ0n) is 12.7. The van der Waals surface area contributed by atoms with Gasteiger partial charge in [-0.1, -0.05) is 12.1 Å². The highest BCUT2D eigenvalue weighted by Gasteiger charge is 2.10. The average molecular weight is 314 g/mol. The predicted octanol–water partition coefficient (Wildman–Crippen LogP) is 1.46. The summed E-state index contributed by atoms with van der Waals surface area (Å²) in [5, 5.41) is 13.4. The molecule has 6 heteroatoms. The Morgan fingerprint density at radius 3 is 2.35 bits per heavy atom. The van der Waals surface area contributed by atoms with Crippen molar-refractivity contribution < 1.29 is 24.2 Å². The molecule has 0 spiro atoms. The van der Waals surface area contributed by atoms with E-state index in [2.05, 4.69) is 5.32 Å². The molecule has 0 bridgehead atoms. The number of hydrogen-bond donors (Lipinski definition) is 1. The summed E-state index contributed by atoms with van der Waals surface area (Å²) in [7, 11) is 1.52. The minimum absolute atomic E-state index is 0.311. The van der Waals surface area contributed by atoms with E-state index < -0.39 is 12.1 Å². The maximum atomic E-state index is 12.2. The van der Waals surface area contributed by atoms with Crippen LogP contribution in [0.15, 0.2) is 48.5 Å². The molecule has 120 valence electrons. The Morgan fingerprint density at radius 2 is 1.74 bits per heavy atom. The zero-order valence-corrected chi connectivity index (χ0v) is 12.7.